The molecular weight excluding hydrogens is 519 g/mol. The van der Waals surface area contributed by atoms with Gasteiger partial charge in [0.05, 0.1) is 17.5 Å². The predicted molar refractivity (Wildman–Crippen MR) is 133 cm³/mol. The van der Waals surface area contributed by atoms with Crippen molar-refractivity contribution in [1.82, 2.24) is 10.2 Å². The van der Waals surface area contributed by atoms with Crippen LogP contribution in [0.1, 0.15) is 38.3 Å². The van der Waals surface area contributed by atoms with Crippen molar-refractivity contribution in [2.24, 2.45) is 0 Å². The van der Waals surface area contributed by atoms with Gasteiger partial charge in [-0.1, -0.05) is 36.7 Å². The fraction of sp³-hybridized carbons (Fsp3) is 0.417. The van der Waals surface area contributed by atoms with Crippen molar-refractivity contribution in [2.45, 2.75) is 52.0 Å². The number of halogens is 4. The van der Waals surface area contributed by atoms with Crippen LogP contribution in [0.3, 0.4) is 0 Å². The van der Waals surface area contributed by atoms with Gasteiger partial charge in [0, 0.05) is 17.6 Å². The number of sulfonamides is 1. The van der Waals surface area contributed by atoms with Crippen molar-refractivity contribution in [3.63, 3.8) is 0 Å². The number of hydrogen-bond donors (Lipinski definition) is 1. The molecule has 0 bridgehead atoms. The maximum Gasteiger partial charge on any atom is 0.416 e. The summed E-state index contributed by atoms with van der Waals surface area (Å²) in [6, 6.07) is 9.11. The molecule has 0 aliphatic rings. The molecule has 2 aromatic rings. The van der Waals surface area contributed by atoms with Crippen LogP contribution in [-0.4, -0.2) is 50.0 Å². The summed E-state index contributed by atoms with van der Waals surface area (Å²) in [6.45, 7) is 4.39. The van der Waals surface area contributed by atoms with Gasteiger partial charge in [-0.05, 0) is 56.2 Å². The average Bonchev–Trinajstić information content (AvgIpc) is 2.76. The van der Waals surface area contributed by atoms with Crippen LogP contribution in [0.2, 0.25) is 5.02 Å². The van der Waals surface area contributed by atoms with Crippen molar-refractivity contribution in [2.75, 3.05) is 17.1 Å². The van der Waals surface area contributed by atoms with Crippen molar-refractivity contribution in [3.05, 3.63) is 64.7 Å². The van der Waals surface area contributed by atoms with E-state index in [0.717, 1.165) is 18.4 Å². The van der Waals surface area contributed by atoms with Gasteiger partial charge in [-0.25, -0.2) is 8.42 Å². The van der Waals surface area contributed by atoms with Crippen LogP contribution in [0.4, 0.5) is 18.9 Å². The lowest BCUT2D eigenvalue weighted by molar-refractivity contribution is -0.140. The zero-order chi connectivity index (χ0) is 27.3. The molecule has 1 N–H and O–H groups in total. The highest BCUT2D eigenvalue weighted by molar-refractivity contribution is 7.92. The van der Waals surface area contributed by atoms with Crippen LogP contribution in [0.15, 0.2) is 48.5 Å². The minimum Gasteiger partial charge on any atom is -0.352 e. The van der Waals surface area contributed by atoms with E-state index in [1.54, 1.807) is 45.0 Å². The highest BCUT2D eigenvalue weighted by atomic mass is 35.5. The first-order valence-electron chi connectivity index (χ1n) is 11.1. The van der Waals surface area contributed by atoms with Gasteiger partial charge in [0.25, 0.3) is 0 Å². The fourth-order valence-electron chi connectivity index (χ4n) is 3.54. The monoisotopic (exact) mass is 547 g/mol. The number of benzene rings is 2. The number of nitrogens with one attached hydrogen (secondary N) is 1. The molecule has 7 nitrogen and oxygen atoms in total. The molecule has 2 rings (SSSR count). The van der Waals surface area contributed by atoms with Crippen LogP contribution < -0.4 is 9.62 Å². The van der Waals surface area contributed by atoms with Crippen LogP contribution in [0.5, 0.6) is 0 Å². The van der Waals surface area contributed by atoms with Gasteiger partial charge in [0.2, 0.25) is 21.8 Å². The summed E-state index contributed by atoms with van der Waals surface area (Å²) < 4.78 is 65.4. The molecule has 0 aliphatic carbocycles. The third kappa shape index (κ3) is 8.12. The second-order valence-corrected chi connectivity index (χ2v) is 10.9. The summed E-state index contributed by atoms with van der Waals surface area (Å²) in [5.41, 5.74) is -0.734. The molecule has 0 saturated heterocycles. The van der Waals surface area contributed by atoms with Crippen LogP contribution >= 0.6 is 11.6 Å². The van der Waals surface area contributed by atoms with Crippen LogP contribution in [0.25, 0.3) is 0 Å². The van der Waals surface area contributed by atoms with E-state index in [2.05, 4.69) is 5.32 Å². The molecule has 12 heteroatoms. The molecule has 0 aliphatic heterocycles. The number of carbonyl (C=O) groups excluding carboxylic acids is 2. The Labute approximate surface area is 214 Å². The minimum absolute atomic E-state index is 0.0415. The number of hydrogen-bond acceptors (Lipinski definition) is 4. The molecule has 0 fully saturated rings. The Balaban J connectivity index is 2.48. The molecule has 2 aromatic carbocycles. The first-order valence-corrected chi connectivity index (χ1v) is 13.3. The van der Waals surface area contributed by atoms with Crippen molar-refractivity contribution in [1.29, 1.82) is 0 Å². The lowest BCUT2D eigenvalue weighted by Gasteiger charge is -2.33. The van der Waals surface area contributed by atoms with E-state index in [0.29, 0.717) is 21.0 Å². The Bertz CT molecular complexity index is 1170. The quantitative estimate of drug-likeness (QED) is 0.476. The molecule has 1 atom stereocenters. The number of carbonyl (C=O) groups is 2. The predicted octanol–water partition coefficient (Wildman–Crippen LogP) is 4.46. The van der Waals surface area contributed by atoms with E-state index >= 15 is 0 Å². The highest BCUT2D eigenvalue weighted by Crippen LogP contribution is 2.32. The Morgan fingerprint density at radius 2 is 1.69 bits per heavy atom. The standard InChI is InChI=1S/C24H29ClF3N3O4S/c1-5-21(23(33)29-16(2)3)30(14-17-9-11-19(25)12-10-17)22(32)15-31(36(4,34)35)20-8-6-7-18(13-20)24(26,27)28/h6-13,16,21H,5,14-15H2,1-4H3,(H,29,33)/t21-/m0/s1. The number of alkyl halides is 3. The van der Waals surface area contributed by atoms with E-state index in [9.17, 15) is 31.2 Å². The van der Waals surface area contributed by atoms with Crippen LogP contribution in [-0.2, 0) is 32.3 Å². The zero-order valence-electron chi connectivity index (χ0n) is 20.3. The Hall–Kier alpha value is -2.79. The van der Waals surface area contributed by atoms with E-state index in [-0.39, 0.29) is 24.7 Å². The highest BCUT2D eigenvalue weighted by Gasteiger charge is 2.34. The SMILES string of the molecule is CC[C@@H](C(=O)NC(C)C)N(Cc1ccc(Cl)cc1)C(=O)CN(c1cccc(C(F)(F)F)c1)S(C)(=O)=O. The van der Waals surface area contributed by atoms with Crippen molar-refractivity contribution < 1.29 is 31.2 Å². The molecule has 0 radical (unpaired) electrons. The van der Waals surface area contributed by atoms with Crippen molar-refractivity contribution >= 4 is 39.1 Å². The second-order valence-electron chi connectivity index (χ2n) is 8.55. The number of nitrogens with zero attached hydrogens (tertiary/aromatic N) is 2. The van der Waals surface area contributed by atoms with E-state index in [1.807, 2.05) is 0 Å². The fourth-order valence-corrected chi connectivity index (χ4v) is 4.51. The third-order valence-corrected chi connectivity index (χ3v) is 6.62. The molecule has 198 valence electrons. The van der Waals surface area contributed by atoms with Gasteiger partial charge in [-0.2, -0.15) is 13.2 Å². The second kappa shape index (κ2) is 12.0. The summed E-state index contributed by atoms with van der Waals surface area (Å²) in [5.74, 6) is -1.18. The molecular formula is C24H29ClF3N3O4S. The smallest absolute Gasteiger partial charge is 0.352 e. The molecule has 0 unspecified atom stereocenters. The van der Waals surface area contributed by atoms with Gasteiger partial charge in [0.1, 0.15) is 12.6 Å². The molecule has 0 saturated carbocycles. The summed E-state index contributed by atoms with van der Waals surface area (Å²) in [4.78, 5) is 27.6. The normalized spacial score (nSPS) is 12.8. The largest absolute Gasteiger partial charge is 0.416 e. The Kier molecular flexibility index (Phi) is 9.78. The number of amides is 2. The van der Waals surface area contributed by atoms with Gasteiger partial charge in [0.15, 0.2) is 0 Å². The van der Waals surface area contributed by atoms with E-state index in [4.69, 9.17) is 11.6 Å². The van der Waals surface area contributed by atoms with E-state index in [1.165, 1.54) is 11.0 Å². The van der Waals surface area contributed by atoms with E-state index < -0.39 is 46.2 Å². The van der Waals surface area contributed by atoms with Gasteiger partial charge in [-0.3, -0.25) is 13.9 Å². The molecule has 0 heterocycles. The first kappa shape index (κ1) is 29.4. The summed E-state index contributed by atoms with van der Waals surface area (Å²) in [7, 11) is -4.16. The Morgan fingerprint density at radius 1 is 1.08 bits per heavy atom. The summed E-state index contributed by atoms with van der Waals surface area (Å²) >= 11 is 5.94. The first-order chi connectivity index (χ1) is 16.6. The van der Waals surface area contributed by atoms with Gasteiger partial charge in [-0.15, -0.1) is 0 Å². The zero-order valence-corrected chi connectivity index (χ0v) is 21.9. The van der Waals surface area contributed by atoms with Crippen molar-refractivity contribution in [3.8, 4) is 0 Å². The maximum absolute atomic E-state index is 13.5. The van der Waals surface area contributed by atoms with Crippen LogP contribution in [0, 0.1) is 0 Å². The van der Waals surface area contributed by atoms with Gasteiger partial charge >= 0.3 is 6.18 Å². The lowest BCUT2D eigenvalue weighted by atomic mass is 10.1. The minimum atomic E-state index is -4.70. The topological polar surface area (TPSA) is 86.8 Å². The average molecular weight is 548 g/mol. The number of anilines is 1. The summed E-state index contributed by atoms with van der Waals surface area (Å²) in [6.07, 6.45) is -3.68. The molecule has 2 amide bonds. The molecule has 36 heavy (non-hydrogen) atoms. The number of rotatable bonds is 10. The molecule has 0 aromatic heterocycles. The lowest BCUT2D eigenvalue weighted by Crippen LogP contribution is -2.53. The Morgan fingerprint density at radius 3 is 2.19 bits per heavy atom. The van der Waals surface area contributed by atoms with Gasteiger partial charge < -0.3 is 10.2 Å². The summed E-state index contributed by atoms with van der Waals surface area (Å²) in [5, 5.41) is 3.22. The molecule has 0 spiro atoms. The third-order valence-electron chi connectivity index (χ3n) is 5.22. The maximum atomic E-state index is 13.5.